The maximum atomic E-state index is 12.4. The molecule has 0 unspecified atom stereocenters. The lowest BCUT2D eigenvalue weighted by atomic mass is 10.1. The van der Waals surface area contributed by atoms with Gasteiger partial charge in [-0.15, -0.1) is 0 Å². The first-order chi connectivity index (χ1) is 10.5. The van der Waals surface area contributed by atoms with Crippen LogP contribution in [0, 0.1) is 0 Å². The van der Waals surface area contributed by atoms with Gasteiger partial charge in [0.05, 0.1) is 16.9 Å². The normalized spacial score (nSPS) is 14.3. The minimum atomic E-state index is -3.99. The van der Waals surface area contributed by atoms with E-state index < -0.39 is 21.8 Å². The molecule has 0 atom stereocenters. The zero-order valence-corrected chi connectivity index (χ0v) is 12.4. The highest BCUT2D eigenvalue weighted by Crippen LogP contribution is 2.25. The van der Waals surface area contributed by atoms with Crippen molar-refractivity contribution >= 4 is 21.8 Å². The monoisotopic (exact) mass is 315 g/mol. The van der Waals surface area contributed by atoms with Gasteiger partial charge in [0.1, 0.15) is 0 Å². The van der Waals surface area contributed by atoms with E-state index in [-0.39, 0.29) is 23.3 Å². The van der Waals surface area contributed by atoms with E-state index in [0.717, 1.165) is 5.56 Å². The summed E-state index contributed by atoms with van der Waals surface area (Å²) >= 11 is 0. The quantitative estimate of drug-likeness (QED) is 0.807. The molecule has 2 amide bonds. The second kappa shape index (κ2) is 5.38. The Balaban J connectivity index is 1.85. The fraction of sp³-hybridized carbons (Fsp3) is 0.125. The van der Waals surface area contributed by atoms with Crippen molar-refractivity contribution in [2.45, 2.75) is 6.42 Å². The van der Waals surface area contributed by atoms with E-state index in [1.165, 1.54) is 12.1 Å². The highest BCUT2D eigenvalue weighted by Gasteiger charge is 2.42. The molecule has 0 saturated carbocycles. The van der Waals surface area contributed by atoms with Crippen LogP contribution >= 0.6 is 0 Å². The average molecular weight is 315 g/mol. The number of amides is 2. The van der Waals surface area contributed by atoms with Gasteiger partial charge in [-0.05, 0) is 24.1 Å². The smallest absolute Gasteiger partial charge is 0.267 e. The summed E-state index contributed by atoms with van der Waals surface area (Å²) in [4.78, 5) is 24.4. The van der Waals surface area contributed by atoms with E-state index in [1.54, 1.807) is 24.3 Å². The molecule has 0 spiro atoms. The number of imide groups is 1. The zero-order valence-electron chi connectivity index (χ0n) is 11.6. The van der Waals surface area contributed by atoms with Gasteiger partial charge < -0.3 is 0 Å². The lowest BCUT2D eigenvalue weighted by molar-refractivity contribution is 0.0765. The van der Waals surface area contributed by atoms with Crippen molar-refractivity contribution in [2.24, 2.45) is 0 Å². The molecule has 0 N–H and O–H groups in total. The number of sulfonamides is 1. The Bertz CT molecular complexity index is 808. The van der Waals surface area contributed by atoms with Crippen LogP contribution < -0.4 is 0 Å². The van der Waals surface area contributed by atoms with E-state index >= 15 is 0 Å². The molecule has 2 aromatic rings. The summed E-state index contributed by atoms with van der Waals surface area (Å²) in [5, 5.41) is 0. The summed E-state index contributed by atoms with van der Waals surface area (Å²) < 4.78 is 25.1. The molecule has 1 heterocycles. The maximum absolute atomic E-state index is 12.4. The molecule has 0 aromatic heterocycles. The zero-order chi connectivity index (χ0) is 15.7. The SMILES string of the molecule is O=C1c2ccccc2C(=O)N1S(=O)(=O)CCc1ccccc1. The number of hydrogen-bond acceptors (Lipinski definition) is 4. The molecule has 0 saturated heterocycles. The van der Waals surface area contributed by atoms with E-state index in [0.29, 0.717) is 4.31 Å². The highest BCUT2D eigenvalue weighted by atomic mass is 32.2. The fourth-order valence-electron chi connectivity index (χ4n) is 2.40. The summed E-state index contributed by atoms with van der Waals surface area (Å²) in [7, 11) is -3.99. The van der Waals surface area contributed by atoms with E-state index in [1.807, 2.05) is 18.2 Å². The van der Waals surface area contributed by atoms with Crippen molar-refractivity contribution in [1.82, 2.24) is 4.31 Å². The Morgan fingerprint density at radius 1 is 0.773 bits per heavy atom. The largest absolute Gasteiger partial charge is 0.275 e. The van der Waals surface area contributed by atoms with Crippen LogP contribution in [0.3, 0.4) is 0 Å². The molecular formula is C16H13NO4S. The van der Waals surface area contributed by atoms with Gasteiger partial charge >= 0.3 is 0 Å². The van der Waals surface area contributed by atoms with Gasteiger partial charge in [0.15, 0.2) is 0 Å². The Labute approximate surface area is 128 Å². The predicted octanol–water partition coefficient (Wildman–Crippen LogP) is 1.86. The van der Waals surface area contributed by atoms with Gasteiger partial charge in [0.2, 0.25) is 10.0 Å². The number of rotatable bonds is 4. The first-order valence-electron chi connectivity index (χ1n) is 6.75. The lowest BCUT2D eigenvalue weighted by Crippen LogP contribution is -2.38. The van der Waals surface area contributed by atoms with Crippen LogP contribution in [0.15, 0.2) is 54.6 Å². The number of benzene rings is 2. The third-order valence-electron chi connectivity index (χ3n) is 3.53. The molecule has 2 aromatic carbocycles. The van der Waals surface area contributed by atoms with E-state index in [4.69, 9.17) is 0 Å². The van der Waals surface area contributed by atoms with Crippen LogP contribution in [0.2, 0.25) is 0 Å². The first-order valence-corrected chi connectivity index (χ1v) is 8.36. The lowest BCUT2D eigenvalue weighted by Gasteiger charge is -2.14. The van der Waals surface area contributed by atoms with Gasteiger partial charge in [0, 0.05) is 0 Å². The van der Waals surface area contributed by atoms with Gasteiger partial charge in [-0.1, -0.05) is 42.5 Å². The highest BCUT2D eigenvalue weighted by molar-refractivity contribution is 7.90. The second-order valence-corrected chi connectivity index (χ2v) is 6.91. The van der Waals surface area contributed by atoms with E-state index in [9.17, 15) is 18.0 Å². The minimum Gasteiger partial charge on any atom is -0.267 e. The number of aryl methyl sites for hydroxylation is 1. The van der Waals surface area contributed by atoms with Crippen molar-refractivity contribution in [3.63, 3.8) is 0 Å². The van der Waals surface area contributed by atoms with Gasteiger partial charge in [-0.3, -0.25) is 9.59 Å². The van der Waals surface area contributed by atoms with Crippen molar-refractivity contribution in [2.75, 3.05) is 5.75 Å². The van der Waals surface area contributed by atoms with Gasteiger partial charge in [0.25, 0.3) is 11.8 Å². The Morgan fingerprint density at radius 2 is 1.27 bits per heavy atom. The van der Waals surface area contributed by atoms with Crippen LogP contribution in [0.5, 0.6) is 0 Å². The Kier molecular flexibility index (Phi) is 3.54. The standard InChI is InChI=1S/C16H13NO4S/c18-15-13-8-4-5-9-14(13)16(19)17(15)22(20,21)11-10-12-6-2-1-3-7-12/h1-9H,10-11H2. The Hall–Kier alpha value is -2.47. The third-order valence-corrected chi connectivity index (χ3v) is 5.13. The predicted molar refractivity (Wildman–Crippen MR) is 80.9 cm³/mol. The summed E-state index contributed by atoms with van der Waals surface area (Å²) in [6, 6.07) is 15.2. The third kappa shape index (κ3) is 2.42. The number of hydrogen-bond donors (Lipinski definition) is 0. The number of carbonyl (C=O) groups is 2. The molecule has 0 fully saturated rings. The van der Waals surface area contributed by atoms with Crippen molar-refractivity contribution in [3.8, 4) is 0 Å². The Morgan fingerprint density at radius 3 is 1.82 bits per heavy atom. The molecule has 0 aliphatic carbocycles. The number of carbonyl (C=O) groups excluding carboxylic acids is 2. The van der Waals surface area contributed by atoms with Crippen LogP contribution in [-0.4, -0.2) is 30.3 Å². The van der Waals surface area contributed by atoms with E-state index in [2.05, 4.69) is 0 Å². The summed E-state index contributed by atoms with van der Waals surface area (Å²) in [5.74, 6) is -1.83. The summed E-state index contributed by atoms with van der Waals surface area (Å²) in [6.07, 6.45) is 0.247. The topological polar surface area (TPSA) is 71.5 Å². The molecule has 0 radical (unpaired) electrons. The number of fused-ring (bicyclic) bond motifs is 1. The second-order valence-electron chi connectivity index (χ2n) is 4.97. The van der Waals surface area contributed by atoms with Crippen LogP contribution in [0.1, 0.15) is 26.3 Å². The molecule has 0 bridgehead atoms. The van der Waals surface area contributed by atoms with Gasteiger partial charge in [-0.2, -0.15) is 4.31 Å². The summed E-state index contributed by atoms with van der Waals surface area (Å²) in [6.45, 7) is 0. The van der Waals surface area contributed by atoms with Crippen molar-refractivity contribution in [3.05, 3.63) is 71.3 Å². The average Bonchev–Trinajstić information content (AvgIpc) is 2.79. The molecule has 112 valence electrons. The molecule has 3 rings (SSSR count). The molecular weight excluding hydrogens is 302 g/mol. The summed E-state index contributed by atoms with van der Waals surface area (Å²) in [5.41, 5.74) is 1.11. The molecule has 5 nitrogen and oxygen atoms in total. The molecule has 6 heteroatoms. The van der Waals surface area contributed by atoms with Gasteiger partial charge in [-0.25, -0.2) is 8.42 Å². The maximum Gasteiger partial charge on any atom is 0.275 e. The molecule has 1 aliphatic heterocycles. The molecule has 1 aliphatic rings. The minimum absolute atomic E-state index is 0.135. The van der Waals surface area contributed by atoms with Crippen molar-refractivity contribution < 1.29 is 18.0 Å². The number of nitrogens with zero attached hydrogens (tertiary/aromatic N) is 1. The fourth-order valence-corrected chi connectivity index (χ4v) is 3.78. The first kappa shape index (κ1) is 14.5. The van der Waals surface area contributed by atoms with Crippen LogP contribution in [-0.2, 0) is 16.4 Å². The van der Waals surface area contributed by atoms with Crippen LogP contribution in [0.25, 0.3) is 0 Å². The van der Waals surface area contributed by atoms with Crippen LogP contribution in [0.4, 0.5) is 0 Å². The van der Waals surface area contributed by atoms with Crippen molar-refractivity contribution in [1.29, 1.82) is 0 Å². The molecule has 22 heavy (non-hydrogen) atoms.